The third-order valence-corrected chi connectivity index (χ3v) is 7.42. The molecule has 0 unspecified atom stereocenters. The van der Waals surface area contributed by atoms with Crippen LogP contribution < -0.4 is 4.90 Å². The number of piperazine rings is 1. The number of aromatic nitrogens is 2. The first kappa shape index (κ1) is 25.9. The van der Waals surface area contributed by atoms with Crippen molar-refractivity contribution >= 4 is 34.2 Å². The number of benzene rings is 2. The summed E-state index contributed by atoms with van der Waals surface area (Å²) in [6.07, 6.45) is 1.35. The third-order valence-electron chi connectivity index (χ3n) is 7.14. The number of hydrogen-bond acceptors (Lipinski definition) is 4. The van der Waals surface area contributed by atoms with Gasteiger partial charge in [0.25, 0.3) is 0 Å². The van der Waals surface area contributed by atoms with Crippen LogP contribution in [0, 0.1) is 12.7 Å². The van der Waals surface area contributed by atoms with Crippen LogP contribution in [0.15, 0.2) is 67.3 Å². The summed E-state index contributed by atoms with van der Waals surface area (Å²) in [6, 6.07) is 16.7. The molecule has 2 aromatic carbocycles. The highest BCUT2D eigenvalue weighted by atomic mass is 35.5. The number of rotatable bonds is 5. The second-order valence-corrected chi connectivity index (χ2v) is 10.3. The van der Waals surface area contributed by atoms with Crippen molar-refractivity contribution in [2.75, 3.05) is 31.1 Å². The molecule has 194 valence electrons. The van der Waals surface area contributed by atoms with Crippen LogP contribution in [-0.4, -0.2) is 47.0 Å². The van der Waals surface area contributed by atoms with Crippen molar-refractivity contribution in [1.29, 1.82) is 0 Å². The van der Waals surface area contributed by atoms with Crippen LogP contribution in [0.4, 0.5) is 10.2 Å². The maximum absolute atomic E-state index is 14.9. The number of hydrogen-bond donors (Lipinski definition) is 0. The summed E-state index contributed by atoms with van der Waals surface area (Å²) in [4.78, 5) is 26.2. The van der Waals surface area contributed by atoms with Crippen LogP contribution >= 0.6 is 11.6 Å². The number of halogens is 2. The van der Waals surface area contributed by atoms with E-state index in [1.165, 1.54) is 17.7 Å². The minimum Gasteiger partial charge on any atom is -0.352 e. The van der Waals surface area contributed by atoms with E-state index in [1.807, 2.05) is 25.1 Å². The molecule has 0 N–H and O–H groups in total. The van der Waals surface area contributed by atoms with Crippen molar-refractivity contribution in [2.24, 2.45) is 0 Å². The van der Waals surface area contributed by atoms with Crippen molar-refractivity contribution in [1.82, 2.24) is 14.9 Å². The second kappa shape index (κ2) is 10.5. The van der Waals surface area contributed by atoms with Gasteiger partial charge in [0.2, 0.25) is 5.91 Å². The minimum absolute atomic E-state index is 0.0708. The SMILES string of the molecule is C=CC(=O)N1CCN(c2nc(C)c(-c3ccccc3C(C)C)c3nc(-c4ccccc4F)c(Cl)cc23)CC1. The summed E-state index contributed by atoms with van der Waals surface area (Å²) >= 11 is 6.78. The molecule has 0 atom stereocenters. The van der Waals surface area contributed by atoms with E-state index < -0.39 is 0 Å². The lowest BCUT2D eigenvalue weighted by Gasteiger charge is -2.35. The van der Waals surface area contributed by atoms with Gasteiger partial charge in [0, 0.05) is 48.4 Å². The number of pyridine rings is 2. The average molecular weight is 529 g/mol. The molecule has 0 radical (unpaired) electrons. The third kappa shape index (κ3) is 4.65. The topological polar surface area (TPSA) is 49.3 Å². The Labute approximate surface area is 227 Å². The van der Waals surface area contributed by atoms with Gasteiger partial charge in [-0.15, -0.1) is 0 Å². The molecule has 4 aromatic rings. The predicted octanol–water partition coefficient (Wildman–Crippen LogP) is 7.02. The maximum Gasteiger partial charge on any atom is 0.246 e. The highest BCUT2D eigenvalue weighted by Crippen LogP contribution is 2.41. The number of carbonyl (C=O) groups is 1. The Morgan fingerprint density at radius 1 is 1.03 bits per heavy atom. The highest BCUT2D eigenvalue weighted by molar-refractivity contribution is 6.34. The first-order chi connectivity index (χ1) is 18.3. The lowest BCUT2D eigenvalue weighted by atomic mass is 9.90. The molecule has 1 saturated heterocycles. The molecule has 7 heteroatoms. The lowest BCUT2D eigenvalue weighted by molar-refractivity contribution is -0.126. The maximum atomic E-state index is 14.9. The number of amides is 1. The van der Waals surface area contributed by atoms with Crippen molar-refractivity contribution in [3.8, 4) is 22.4 Å². The molecule has 2 aromatic heterocycles. The van der Waals surface area contributed by atoms with E-state index in [1.54, 1.807) is 23.1 Å². The lowest BCUT2D eigenvalue weighted by Crippen LogP contribution is -2.48. The zero-order valence-electron chi connectivity index (χ0n) is 21.8. The molecule has 3 heterocycles. The summed E-state index contributed by atoms with van der Waals surface area (Å²) in [5.41, 5.74) is 5.48. The number of aryl methyl sites for hydroxylation is 1. The number of fused-ring (bicyclic) bond motifs is 1. The van der Waals surface area contributed by atoms with Crippen LogP contribution in [0.3, 0.4) is 0 Å². The van der Waals surface area contributed by atoms with Crippen molar-refractivity contribution in [3.63, 3.8) is 0 Å². The Balaban J connectivity index is 1.75. The van der Waals surface area contributed by atoms with Gasteiger partial charge in [-0.1, -0.05) is 68.4 Å². The Morgan fingerprint density at radius 3 is 2.34 bits per heavy atom. The van der Waals surface area contributed by atoms with Crippen molar-refractivity contribution < 1.29 is 9.18 Å². The van der Waals surface area contributed by atoms with E-state index in [9.17, 15) is 9.18 Å². The zero-order chi connectivity index (χ0) is 27.0. The fourth-order valence-corrected chi connectivity index (χ4v) is 5.45. The van der Waals surface area contributed by atoms with Gasteiger partial charge >= 0.3 is 0 Å². The smallest absolute Gasteiger partial charge is 0.246 e. The standard InChI is InChI=1S/C31H30ClFN4O/c1-5-27(38)36-14-16-37(17-15-36)31-24-18-25(32)29(23-12-8-9-13-26(23)33)35-30(24)28(20(4)34-31)22-11-7-6-10-21(22)19(2)3/h5-13,18-19H,1,14-17H2,2-4H3. The quantitative estimate of drug-likeness (QED) is 0.261. The van der Waals surface area contributed by atoms with Crippen LogP contribution in [-0.2, 0) is 4.79 Å². The fourth-order valence-electron chi connectivity index (χ4n) is 5.20. The van der Waals surface area contributed by atoms with Gasteiger partial charge in [-0.05, 0) is 48.2 Å². The van der Waals surface area contributed by atoms with Crippen LogP contribution in [0.1, 0.15) is 31.0 Å². The van der Waals surface area contributed by atoms with Crippen LogP contribution in [0.25, 0.3) is 33.3 Å². The molecule has 0 saturated carbocycles. The Hall–Kier alpha value is -3.77. The molecule has 1 amide bonds. The summed E-state index contributed by atoms with van der Waals surface area (Å²) in [5, 5.41) is 1.16. The first-order valence-electron chi connectivity index (χ1n) is 12.8. The molecule has 38 heavy (non-hydrogen) atoms. The molecular formula is C31H30ClFN4O. The number of nitrogens with zero attached hydrogens (tertiary/aromatic N) is 4. The molecule has 1 aliphatic rings. The molecule has 5 rings (SSSR count). The molecule has 0 spiro atoms. The predicted molar refractivity (Wildman–Crippen MR) is 153 cm³/mol. The van der Waals surface area contributed by atoms with Crippen LogP contribution in [0.2, 0.25) is 5.02 Å². The van der Waals surface area contributed by atoms with Gasteiger partial charge < -0.3 is 9.80 Å². The normalized spacial score (nSPS) is 13.8. The van der Waals surface area contributed by atoms with E-state index in [0.717, 1.165) is 33.5 Å². The summed E-state index contributed by atoms with van der Waals surface area (Å²) < 4.78 is 14.9. The van der Waals surface area contributed by atoms with E-state index >= 15 is 0 Å². The zero-order valence-corrected chi connectivity index (χ0v) is 22.6. The molecular weight excluding hydrogens is 499 g/mol. The first-order valence-corrected chi connectivity index (χ1v) is 13.2. The van der Waals surface area contributed by atoms with Gasteiger partial charge in [0.05, 0.1) is 16.2 Å². The summed E-state index contributed by atoms with van der Waals surface area (Å²) in [6.45, 7) is 12.3. The van der Waals surface area contributed by atoms with E-state index in [2.05, 4.69) is 37.5 Å². The summed E-state index contributed by atoms with van der Waals surface area (Å²) in [5.74, 6) is 0.607. The van der Waals surface area contributed by atoms with E-state index in [-0.39, 0.29) is 17.6 Å². The average Bonchev–Trinajstić information content (AvgIpc) is 2.92. The Kier molecular flexibility index (Phi) is 7.17. The summed E-state index contributed by atoms with van der Waals surface area (Å²) in [7, 11) is 0. The molecule has 0 aliphatic carbocycles. The van der Waals surface area contributed by atoms with Gasteiger partial charge in [0.1, 0.15) is 11.6 Å². The van der Waals surface area contributed by atoms with Crippen molar-refractivity contribution in [2.45, 2.75) is 26.7 Å². The fraction of sp³-hybridized carbons (Fsp3) is 0.258. The van der Waals surface area contributed by atoms with Gasteiger partial charge in [0.15, 0.2) is 0 Å². The molecule has 0 bridgehead atoms. The van der Waals surface area contributed by atoms with E-state index in [4.69, 9.17) is 21.6 Å². The van der Waals surface area contributed by atoms with Gasteiger partial charge in [-0.25, -0.2) is 14.4 Å². The number of anilines is 1. The monoisotopic (exact) mass is 528 g/mol. The number of carbonyl (C=O) groups excluding carboxylic acids is 1. The van der Waals surface area contributed by atoms with Gasteiger partial charge in [-0.2, -0.15) is 0 Å². The minimum atomic E-state index is -0.376. The van der Waals surface area contributed by atoms with E-state index in [0.29, 0.717) is 42.5 Å². The largest absolute Gasteiger partial charge is 0.352 e. The van der Waals surface area contributed by atoms with Crippen molar-refractivity contribution in [3.05, 3.63) is 89.3 Å². The van der Waals surface area contributed by atoms with Crippen LogP contribution in [0.5, 0.6) is 0 Å². The molecule has 1 aliphatic heterocycles. The Morgan fingerprint density at radius 2 is 1.68 bits per heavy atom. The molecule has 1 fully saturated rings. The highest BCUT2D eigenvalue weighted by Gasteiger charge is 2.26. The van der Waals surface area contributed by atoms with Gasteiger partial charge in [-0.3, -0.25) is 4.79 Å². The molecule has 5 nitrogen and oxygen atoms in total. The Bertz CT molecular complexity index is 1540. The second-order valence-electron chi connectivity index (χ2n) is 9.85.